The molecule has 4 rings (SSSR count). The van der Waals surface area contributed by atoms with Crippen molar-refractivity contribution in [2.45, 2.75) is 0 Å². The summed E-state index contributed by atoms with van der Waals surface area (Å²) in [7, 11) is 1.58. The molecule has 0 amide bonds. The number of nitrogens with zero attached hydrogens (tertiary/aromatic N) is 1. The van der Waals surface area contributed by atoms with Gasteiger partial charge in [-0.15, -0.1) is 11.3 Å². The van der Waals surface area contributed by atoms with Gasteiger partial charge in [-0.05, 0) is 41.8 Å². The van der Waals surface area contributed by atoms with Crippen molar-refractivity contribution in [1.29, 1.82) is 0 Å². The van der Waals surface area contributed by atoms with E-state index in [1.165, 1.54) is 0 Å². The summed E-state index contributed by atoms with van der Waals surface area (Å²) in [6.07, 6.45) is 1.82. The van der Waals surface area contributed by atoms with Gasteiger partial charge in [0.25, 0.3) is 0 Å². The number of thiophene rings is 1. The molecule has 0 N–H and O–H groups in total. The first-order chi connectivity index (χ1) is 12.7. The van der Waals surface area contributed by atoms with Crippen molar-refractivity contribution in [2.75, 3.05) is 7.11 Å². The number of ketones is 1. The third-order valence-corrected chi connectivity index (χ3v) is 4.75. The van der Waals surface area contributed by atoms with E-state index in [2.05, 4.69) is 4.98 Å². The van der Waals surface area contributed by atoms with Crippen LogP contribution >= 0.6 is 11.3 Å². The van der Waals surface area contributed by atoms with Gasteiger partial charge in [-0.3, -0.25) is 4.79 Å². The van der Waals surface area contributed by atoms with Gasteiger partial charge in [0.05, 0.1) is 12.7 Å². The molecule has 4 nitrogen and oxygen atoms in total. The van der Waals surface area contributed by atoms with E-state index in [9.17, 15) is 4.79 Å². The van der Waals surface area contributed by atoms with Crippen molar-refractivity contribution in [3.05, 3.63) is 82.4 Å². The summed E-state index contributed by atoms with van der Waals surface area (Å²) in [6.45, 7) is 0. The molecule has 2 heterocycles. The van der Waals surface area contributed by atoms with Crippen LogP contribution in [0.4, 0.5) is 0 Å². The van der Waals surface area contributed by atoms with Crippen molar-refractivity contribution in [3.8, 4) is 5.75 Å². The Morgan fingerprint density at radius 1 is 1.12 bits per heavy atom. The number of methoxy groups -OCH3 is 1. The number of aromatic nitrogens is 1. The number of ether oxygens (including phenoxy) is 1. The average Bonchev–Trinajstić information content (AvgIpc) is 3.34. The molecule has 0 atom stereocenters. The lowest BCUT2D eigenvalue weighted by Crippen LogP contribution is -2.03. The molecule has 0 saturated heterocycles. The molecule has 0 spiro atoms. The minimum atomic E-state index is -0.163. The number of carbonyl (C=O) groups excluding carboxylic acids is 1. The van der Waals surface area contributed by atoms with E-state index in [1.54, 1.807) is 42.7 Å². The minimum Gasteiger partial charge on any atom is -0.497 e. The number of benzene rings is 2. The number of oxazole rings is 1. The highest BCUT2D eigenvalue weighted by Crippen LogP contribution is 2.28. The van der Waals surface area contributed by atoms with Crippen LogP contribution in [0.2, 0.25) is 0 Å². The maximum Gasteiger partial charge on any atom is 0.231 e. The van der Waals surface area contributed by atoms with Crippen molar-refractivity contribution < 1.29 is 13.9 Å². The maximum absolute atomic E-state index is 13.2. The Balaban J connectivity index is 1.84. The first-order valence-electron chi connectivity index (χ1n) is 8.04. The van der Waals surface area contributed by atoms with E-state index in [0.29, 0.717) is 28.4 Å². The highest BCUT2D eigenvalue weighted by atomic mass is 32.1. The Kier molecular flexibility index (Phi) is 4.37. The smallest absolute Gasteiger partial charge is 0.231 e. The van der Waals surface area contributed by atoms with Crippen LogP contribution in [0.5, 0.6) is 5.75 Å². The Bertz CT molecular complexity index is 1060. The van der Waals surface area contributed by atoms with E-state index in [1.807, 2.05) is 47.9 Å². The quantitative estimate of drug-likeness (QED) is 0.356. The summed E-state index contributed by atoms with van der Waals surface area (Å²) in [6, 6.07) is 18.4. The SMILES string of the molecule is COc1cccc(C(=O)C(=Cc2cccs2)c2nc3ccccc3o2)c1. The zero-order chi connectivity index (χ0) is 17.9. The largest absolute Gasteiger partial charge is 0.497 e. The number of para-hydroxylation sites is 2. The van der Waals surface area contributed by atoms with Crippen LogP contribution in [0.1, 0.15) is 21.1 Å². The van der Waals surface area contributed by atoms with E-state index < -0.39 is 0 Å². The molecule has 0 unspecified atom stereocenters. The summed E-state index contributed by atoms with van der Waals surface area (Å²) in [5.74, 6) is 0.778. The van der Waals surface area contributed by atoms with Crippen LogP contribution in [-0.2, 0) is 0 Å². The van der Waals surface area contributed by atoms with Crippen molar-refractivity contribution in [3.63, 3.8) is 0 Å². The number of Topliss-reactive ketones (excluding diaryl/α,β-unsaturated/α-hetero) is 1. The highest BCUT2D eigenvalue weighted by molar-refractivity contribution is 7.11. The maximum atomic E-state index is 13.2. The van der Waals surface area contributed by atoms with Crippen LogP contribution in [0, 0.1) is 0 Å². The lowest BCUT2D eigenvalue weighted by atomic mass is 10.0. The molecule has 2 aromatic carbocycles. The van der Waals surface area contributed by atoms with Gasteiger partial charge in [-0.25, -0.2) is 4.98 Å². The molecule has 0 aliphatic carbocycles. The average molecular weight is 361 g/mol. The molecule has 0 saturated carbocycles. The normalized spacial score (nSPS) is 11.7. The first kappa shape index (κ1) is 16.3. The fourth-order valence-corrected chi connectivity index (χ4v) is 3.30. The van der Waals surface area contributed by atoms with Gasteiger partial charge in [0.1, 0.15) is 11.3 Å². The van der Waals surface area contributed by atoms with E-state index in [0.717, 1.165) is 10.4 Å². The first-order valence-corrected chi connectivity index (χ1v) is 8.92. The van der Waals surface area contributed by atoms with E-state index in [4.69, 9.17) is 9.15 Å². The Labute approximate surface area is 154 Å². The number of allylic oxidation sites excluding steroid dienone is 1. The molecule has 0 fully saturated rings. The molecule has 0 bridgehead atoms. The monoisotopic (exact) mass is 361 g/mol. The van der Waals surface area contributed by atoms with Crippen molar-refractivity contribution in [1.82, 2.24) is 4.98 Å². The van der Waals surface area contributed by atoms with Gasteiger partial charge < -0.3 is 9.15 Å². The number of carbonyl (C=O) groups is 1. The number of fused-ring (bicyclic) bond motifs is 1. The Morgan fingerprint density at radius 2 is 2.00 bits per heavy atom. The second-order valence-electron chi connectivity index (χ2n) is 5.62. The van der Waals surface area contributed by atoms with Gasteiger partial charge in [0, 0.05) is 10.4 Å². The lowest BCUT2D eigenvalue weighted by Gasteiger charge is -2.05. The van der Waals surface area contributed by atoms with Crippen molar-refractivity contribution >= 4 is 39.9 Å². The van der Waals surface area contributed by atoms with Crippen LogP contribution in [0.15, 0.2) is 70.5 Å². The molecule has 5 heteroatoms. The fraction of sp³-hybridized carbons (Fsp3) is 0.0476. The van der Waals surface area contributed by atoms with Gasteiger partial charge in [0.2, 0.25) is 5.89 Å². The molecule has 0 radical (unpaired) electrons. The number of rotatable bonds is 5. The molecule has 2 aromatic heterocycles. The summed E-state index contributed by atoms with van der Waals surface area (Å²) in [5, 5.41) is 1.96. The van der Waals surface area contributed by atoms with Gasteiger partial charge >= 0.3 is 0 Å². The molecule has 26 heavy (non-hydrogen) atoms. The van der Waals surface area contributed by atoms with Crippen LogP contribution in [0.3, 0.4) is 0 Å². The second kappa shape index (κ2) is 6.98. The molecular formula is C21H15NO3S. The minimum absolute atomic E-state index is 0.163. The van der Waals surface area contributed by atoms with Gasteiger partial charge in [-0.1, -0.05) is 30.3 Å². The third-order valence-electron chi connectivity index (χ3n) is 3.93. The Hall–Kier alpha value is -3.18. The standard InChI is InChI=1S/C21H15NO3S/c1-24-15-7-4-6-14(12-15)20(23)17(13-16-8-5-11-26-16)21-22-18-9-2-3-10-19(18)25-21/h2-13H,1H3. The van der Waals surface area contributed by atoms with Crippen molar-refractivity contribution in [2.24, 2.45) is 0 Å². The summed E-state index contributed by atoms with van der Waals surface area (Å²) >= 11 is 1.55. The number of hydrogen-bond acceptors (Lipinski definition) is 5. The van der Waals surface area contributed by atoms with Crippen LogP contribution in [-0.4, -0.2) is 17.9 Å². The predicted octanol–water partition coefficient (Wildman–Crippen LogP) is 5.32. The zero-order valence-electron chi connectivity index (χ0n) is 14.0. The summed E-state index contributed by atoms with van der Waals surface area (Å²) < 4.78 is 11.1. The molecule has 128 valence electrons. The Morgan fingerprint density at radius 3 is 2.77 bits per heavy atom. The predicted molar refractivity (Wildman–Crippen MR) is 104 cm³/mol. The molecule has 0 aliphatic rings. The summed E-state index contributed by atoms with van der Waals surface area (Å²) in [5.41, 5.74) is 2.31. The topological polar surface area (TPSA) is 52.3 Å². The lowest BCUT2D eigenvalue weighted by molar-refractivity contribution is 0.105. The fourth-order valence-electron chi connectivity index (χ4n) is 2.65. The molecular weight excluding hydrogens is 346 g/mol. The van der Waals surface area contributed by atoms with Crippen LogP contribution < -0.4 is 4.74 Å². The van der Waals surface area contributed by atoms with Gasteiger partial charge in [0.15, 0.2) is 11.4 Å². The summed E-state index contributed by atoms with van der Waals surface area (Å²) in [4.78, 5) is 18.7. The highest BCUT2D eigenvalue weighted by Gasteiger charge is 2.20. The van der Waals surface area contributed by atoms with Gasteiger partial charge in [-0.2, -0.15) is 0 Å². The zero-order valence-corrected chi connectivity index (χ0v) is 14.8. The molecule has 4 aromatic rings. The third kappa shape index (κ3) is 3.17. The molecule has 0 aliphatic heterocycles. The second-order valence-corrected chi connectivity index (χ2v) is 6.60. The van der Waals surface area contributed by atoms with E-state index >= 15 is 0 Å². The van der Waals surface area contributed by atoms with Crippen LogP contribution in [0.25, 0.3) is 22.7 Å². The number of hydrogen-bond donors (Lipinski definition) is 0. The van der Waals surface area contributed by atoms with E-state index in [-0.39, 0.29) is 5.78 Å².